The lowest BCUT2D eigenvalue weighted by molar-refractivity contribution is 0.288. The fourth-order valence-electron chi connectivity index (χ4n) is 2.32. The maximum absolute atomic E-state index is 5.75. The summed E-state index contributed by atoms with van der Waals surface area (Å²) in [5.74, 6) is 0.906. The zero-order chi connectivity index (χ0) is 12.8. The van der Waals surface area contributed by atoms with Crippen molar-refractivity contribution in [2.75, 3.05) is 13.2 Å². The van der Waals surface area contributed by atoms with Crippen LogP contribution >= 0.6 is 31.9 Å². The number of ether oxygens (including phenoxy) is 1. The molecule has 0 atom stereocenters. The number of nitrogens with one attached hydrogen (secondary N) is 1. The molecule has 0 heterocycles. The first kappa shape index (κ1) is 14.4. The van der Waals surface area contributed by atoms with E-state index in [0.29, 0.717) is 6.04 Å². The van der Waals surface area contributed by atoms with Gasteiger partial charge in [-0.2, -0.15) is 0 Å². The van der Waals surface area contributed by atoms with Crippen molar-refractivity contribution in [3.63, 3.8) is 0 Å². The van der Waals surface area contributed by atoms with Crippen molar-refractivity contribution < 1.29 is 4.74 Å². The van der Waals surface area contributed by atoms with Crippen LogP contribution < -0.4 is 10.1 Å². The van der Waals surface area contributed by atoms with Crippen molar-refractivity contribution in [2.24, 2.45) is 0 Å². The van der Waals surface area contributed by atoms with Crippen LogP contribution in [0.25, 0.3) is 0 Å². The van der Waals surface area contributed by atoms with E-state index in [1.165, 1.54) is 32.1 Å². The second-order valence-corrected chi connectivity index (χ2v) is 6.48. The highest BCUT2D eigenvalue weighted by molar-refractivity contribution is 9.11. The summed E-state index contributed by atoms with van der Waals surface area (Å²) >= 11 is 6.93. The van der Waals surface area contributed by atoms with E-state index in [2.05, 4.69) is 37.2 Å². The molecule has 1 aliphatic rings. The van der Waals surface area contributed by atoms with Crippen molar-refractivity contribution in [1.82, 2.24) is 5.32 Å². The molecule has 4 heteroatoms. The lowest BCUT2D eigenvalue weighted by atomic mass is 9.96. The zero-order valence-electron chi connectivity index (χ0n) is 10.4. The van der Waals surface area contributed by atoms with E-state index in [1.54, 1.807) is 0 Å². The van der Waals surface area contributed by atoms with E-state index in [-0.39, 0.29) is 0 Å². The van der Waals surface area contributed by atoms with Gasteiger partial charge in [-0.1, -0.05) is 35.2 Å². The fourth-order valence-corrected chi connectivity index (χ4v) is 3.48. The highest BCUT2D eigenvalue weighted by Gasteiger charge is 2.12. The van der Waals surface area contributed by atoms with Crippen LogP contribution in [0.15, 0.2) is 27.1 Å². The molecule has 0 radical (unpaired) electrons. The summed E-state index contributed by atoms with van der Waals surface area (Å²) in [5, 5.41) is 3.57. The zero-order valence-corrected chi connectivity index (χ0v) is 13.6. The summed E-state index contributed by atoms with van der Waals surface area (Å²) < 4.78 is 7.81. The molecule has 1 fully saturated rings. The number of hydrogen-bond donors (Lipinski definition) is 1. The van der Waals surface area contributed by atoms with Gasteiger partial charge in [0.1, 0.15) is 12.4 Å². The molecule has 18 heavy (non-hydrogen) atoms. The molecular formula is C14H19Br2NO. The summed E-state index contributed by atoms with van der Waals surface area (Å²) in [7, 11) is 0. The summed E-state index contributed by atoms with van der Waals surface area (Å²) in [4.78, 5) is 0. The Morgan fingerprint density at radius 2 is 1.94 bits per heavy atom. The van der Waals surface area contributed by atoms with Crippen LogP contribution in [0, 0.1) is 0 Å². The van der Waals surface area contributed by atoms with Crippen LogP contribution in [0.1, 0.15) is 32.1 Å². The Bertz CT molecular complexity index is 378. The maximum Gasteiger partial charge on any atom is 0.133 e. The molecule has 1 aliphatic carbocycles. The summed E-state index contributed by atoms with van der Waals surface area (Å²) in [6, 6.07) is 6.68. The molecule has 2 nitrogen and oxygen atoms in total. The standard InChI is InChI=1S/C14H19Br2NO/c15-11-6-7-14(13(16)10-11)18-9-8-17-12-4-2-1-3-5-12/h6-7,10,12,17H,1-5,8-9H2. The molecule has 1 aromatic rings. The molecule has 0 aromatic heterocycles. The largest absolute Gasteiger partial charge is 0.491 e. The van der Waals surface area contributed by atoms with Gasteiger partial charge in [0.2, 0.25) is 0 Å². The minimum atomic E-state index is 0.704. The second-order valence-electron chi connectivity index (χ2n) is 4.71. The van der Waals surface area contributed by atoms with E-state index < -0.39 is 0 Å². The third kappa shape index (κ3) is 4.56. The molecule has 0 aliphatic heterocycles. The van der Waals surface area contributed by atoms with Gasteiger partial charge < -0.3 is 10.1 Å². The fraction of sp³-hybridized carbons (Fsp3) is 0.571. The van der Waals surface area contributed by atoms with Gasteiger partial charge in [0, 0.05) is 17.1 Å². The normalized spacial score (nSPS) is 16.8. The molecule has 0 unspecified atom stereocenters. The molecule has 0 bridgehead atoms. The van der Waals surface area contributed by atoms with Crippen molar-refractivity contribution >= 4 is 31.9 Å². The topological polar surface area (TPSA) is 21.3 Å². The molecule has 1 saturated carbocycles. The van der Waals surface area contributed by atoms with Crippen LogP contribution in [-0.2, 0) is 0 Å². The van der Waals surface area contributed by atoms with E-state index >= 15 is 0 Å². The van der Waals surface area contributed by atoms with Gasteiger partial charge in [0.25, 0.3) is 0 Å². The van der Waals surface area contributed by atoms with Crippen molar-refractivity contribution in [1.29, 1.82) is 0 Å². The molecule has 0 amide bonds. The Hall–Kier alpha value is -0.0600. The number of rotatable bonds is 5. The van der Waals surface area contributed by atoms with Crippen molar-refractivity contribution in [2.45, 2.75) is 38.1 Å². The van der Waals surface area contributed by atoms with Gasteiger partial charge in [-0.15, -0.1) is 0 Å². The van der Waals surface area contributed by atoms with Gasteiger partial charge >= 0.3 is 0 Å². The van der Waals surface area contributed by atoms with E-state index in [1.807, 2.05) is 18.2 Å². The SMILES string of the molecule is Brc1ccc(OCCNC2CCCCC2)c(Br)c1. The third-order valence-electron chi connectivity index (χ3n) is 3.29. The molecular weight excluding hydrogens is 358 g/mol. The Morgan fingerprint density at radius 1 is 1.17 bits per heavy atom. The van der Waals surface area contributed by atoms with Crippen LogP contribution in [0.3, 0.4) is 0 Å². The Morgan fingerprint density at radius 3 is 2.67 bits per heavy atom. The summed E-state index contributed by atoms with van der Waals surface area (Å²) in [6.45, 7) is 1.64. The molecule has 100 valence electrons. The lowest BCUT2D eigenvalue weighted by Gasteiger charge is -2.22. The van der Waals surface area contributed by atoms with Crippen LogP contribution in [0.4, 0.5) is 0 Å². The first-order valence-corrected chi connectivity index (χ1v) is 8.15. The highest BCUT2D eigenvalue weighted by Crippen LogP contribution is 2.28. The minimum Gasteiger partial charge on any atom is -0.491 e. The Balaban J connectivity index is 1.68. The Kier molecular flexibility index (Phi) is 5.99. The van der Waals surface area contributed by atoms with E-state index in [0.717, 1.165) is 27.8 Å². The number of halogens is 2. The van der Waals surface area contributed by atoms with E-state index in [9.17, 15) is 0 Å². The highest BCUT2D eigenvalue weighted by atomic mass is 79.9. The van der Waals surface area contributed by atoms with Gasteiger partial charge in [0.15, 0.2) is 0 Å². The molecule has 1 N–H and O–H groups in total. The smallest absolute Gasteiger partial charge is 0.133 e. The predicted octanol–water partition coefficient (Wildman–Crippen LogP) is 4.51. The van der Waals surface area contributed by atoms with Gasteiger partial charge in [-0.25, -0.2) is 0 Å². The Labute approximate surface area is 126 Å². The van der Waals surface area contributed by atoms with E-state index in [4.69, 9.17) is 4.74 Å². The summed E-state index contributed by atoms with van der Waals surface area (Å²) in [6.07, 6.45) is 6.79. The first-order chi connectivity index (χ1) is 8.75. The maximum atomic E-state index is 5.75. The number of hydrogen-bond acceptors (Lipinski definition) is 2. The minimum absolute atomic E-state index is 0.704. The lowest BCUT2D eigenvalue weighted by Crippen LogP contribution is -2.34. The molecule has 0 spiro atoms. The monoisotopic (exact) mass is 375 g/mol. The van der Waals surface area contributed by atoms with Crippen molar-refractivity contribution in [3.8, 4) is 5.75 Å². The van der Waals surface area contributed by atoms with Gasteiger partial charge in [-0.05, 0) is 47.0 Å². The quantitative estimate of drug-likeness (QED) is 0.763. The second kappa shape index (κ2) is 7.51. The molecule has 2 rings (SSSR count). The average molecular weight is 377 g/mol. The first-order valence-electron chi connectivity index (χ1n) is 6.57. The van der Waals surface area contributed by atoms with Crippen molar-refractivity contribution in [3.05, 3.63) is 27.1 Å². The van der Waals surface area contributed by atoms with Crippen LogP contribution in [0.2, 0.25) is 0 Å². The molecule has 1 aromatic carbocycles. The summed E-state index contributed by atoms with van der Waals surface area (Å²) in [5.41, 5.74) is 0. The average Bonchev–Trinajstić information content (AvgIpc) is 2.38. The third-order valence-corrected chi connectivity index (χ3v) is 4.40. The van der Waals surface area contributed by atoms with Crippen LogP contribution in [-0.4, -0.2) is 19.2 Å². The molecule has 0 saturated heterocycles. The van der Waals surface area contributed by atoms with Crippen LogP contribution in [0.5, 0.6) is 5.75 Å². The van der Waals surface area contributed by atoms with Gasteiger partial charge in [0.05, 0.1) is 4.47 Å². The predicted molar refractivity (Wildman–Crippen MR) is 82.2 cm³/mol. The van der Waals surface area contributed by atoms with Gasteiger partial charge in [-0.3, -0.25) is 0 Å². The number of benzene rings is 1.